The molecule has 1 aromatic carbocycles. The third-order valence-corrected chi connectivity index (χ3v) is 4.79. The van der Waals surface area contributed by atoms with Gasteiger partial charge in [0, 0.05) is 43.2 Å². The van der Waals surface area contributed by atoms with E-state index in [-0.39, 0.29) is 0 Å². The zero-order valence-electron chi connectivity index (χ0n) is 12.1. The lowest BCUT2D eigenvalue weighted by atomic mass is 10.2. The Balaban J connectivity index is 1.71. The molecule has 0 aliphatic carbocycles. The standard InChI is InChI=1S/C16H21N3S/c1-12-3-5-14(6-4-12)16-18-15(11-20-16)10-19-8-7-17-9-13(19)2/h3-6,11,13,17H,7-10H2,1-2H3/t13-/m0/s1. The van der Waals surface area contributed by atoms with E-state index in [1.54, 1.807) is 11.3 Å². The van der Waals surface area contributed by atoms with Gasteiger partial charge in [-0.3, -0.25) is 4.90 Å². The molecule has 1 N–H and O–H groups in total. The maximum atomic E-state index is 4.80. The lowest BCUT2D eigenvalue weighted by Gasteiger charge is -2.33. The van der Waals surface area contributed by atoms with Crippen LogP contribution < -0.4 is 5.32 Å². The van der Waals surface area contributed by atoms with Gasteiger partial charge >= 0.3 is 0 Å². The molecule has 1 aliphatic heterocycles. The minimum Gasteiger partial charge on any atom is -0.314 e. The molecule has 0 spiro atoms. The predicted molar refractivity (Wildman–Crippen MR) is 85.0 cm³/mol. The molecule has 3 rings (SSSR count). The Kier molecular flexibility index (Phi) is 4.15. The smallest absolute Gasteiger partial charge is 0.123 e. The molecular formula is C16H21N3S. The van der Waals surface area contributed by atoms with Gasteiger partial charge in [-0.05, 0) is 13.8 Å². The molecule has 1 aliphatic rings. The van der Waals surface area contributed by atoms with E-state index in [0.717, 1.165) is 31.2 Å². The fraction of sp³-hybridized carbons (Fsp3) is 0.438. The van der Waals surface area contributed by atoms with E-state index < -0.39 is 0 Å². The summed E-state index contributed by atoms with van der Waals surface area (Å²) in [5, 5.41) is 6.75. The minimum absolute atomic E-state index is 0.591. The molecule has 2 aromatic rings. The number of thiazole rings is 1. The van der Waals surface area contributed by atoms with Crippen LogP contribution in [0.5, 0.6) is 0 Å². The van der Waals surface area contributed by atoms with Crippen molar-refractivity contribution in [2.75, 3.05) is 19.6 Å². The van der Waals surface area contributed by atoms with Gasteiger partial charge in [0.05, 0.1) is 5.69 Å². The molecule has 0 bridgehead atoms. The number of piperazine rings is 1. The maximum Gasteiger partial charge on any atom is 0.123 e. The summed E-state index contributed by atoms with van der Waals surface area (Å²) in [6, 6.07) is 9.20. The highest BCUT2D eigenvalue weighted by atomic mass is 32.1. The molecule has 0 saturated carbocycles. The average molecular weight is 287 g/mol. The second kappa shape index (κ2) is 6.04. The van der Waals surface area contributed by atoms with Crippen molar-refractivity contribution in [3.05, 3.63) is 40.9 Å². The molecule has 3 nitrogen and oxygen atoms in total. The molecule has 0 unspecified atom stereocenters. The maximum absolute atomic E-state index is 4.80. The van der Waals surface area contributed by atoms with Crippen LogP contribution in [0, 0.1) is 6.92 Å². The summed E-state index contributed by atoms with van der Waals surface area (Å²) in [6.45, 7) is 8.63. The van der Waals surface area contributed by atoms with Gasteiger partial charge in [-0.1, -0.05) is 29.8 Å². The Labute approximate surface area is 124 Å². The summed E-state index contributed by atoms with van der Waals surface area (Å²) in [6.07, 6.45) is 0. The number of rotatable bonds is 3. The zero-order valence-corrected chi connectivity index (χ0v) is 12.9. The first-order valence-electron chi connectivity index (χ1n) is 7.18. The van der Waals surface area contributed by atoms with Crippen molar-refractivity contribution >= 4 is 11.3 Å². The van der Waals surface area contributed by atoms with Crippen molar-refractivity contribution in [3.63, 3.8) is 0 Å². The number of nitrogens with zero attached hydrogens (tertiary/aromatic N) is 2. The number of hydrogen-bond donors (Lipinski definition) is 1. The third kappa shape index (κ3) is 3.08. The molecule has 0 amide bonds. The molecule has 0 radical (unpaired) electrons. The molecular weight excluding hydrogens is 266 g/mol. The number of hydrogen-bond acceptors (Lipinski definition) is 4. The van der Waals surface area contributed by atoms with Crippen LogP contribution in [0.1, 0.15) is 18.2 Å². The van der Waals surface area contributed by atoms with Crippen LogP contribution in [-0.2, 0) is 6.54 Å². The van der Waals surface area contributed by atoms with E-state index in [4.69, 9.17) is 4.98 Å². The first kappa shape index (κ1) is 13.7. The molecule has 4 heteroatoms. The molecule has 2 heterocycles. The summed E-state index contributed by atoms with van der Waals surface area (Å²) in [4.78, 5) is 7.30. The second-order valence-corrected chi connectivity index (χ2v) is 6.39. The lowest BCUT2D eigenvalue weighted by Crippen LogP contribution is -2.49. The van der Waals surface area contributed by atoms with Crippen LogP contribution in [0.3, 0.4) is 0 Å². The molecule has 106 valence electrons. The molecule has 1 aromatic heterocycles. The van der Waals surface area contributed by atoms with Crippen LogP contribution in [-0.4, -0.2) is 35.6 Å². The zero-order chi connectivity index (χ0) is 13.9. The molecule has 1 fully saturated rings. The van der Waals surface area contributed by atoms with Gasteiger partial charge in [0.2, 0.25) is 0 Å². The highest BCUT2D eigenvalue weighted by molar-refractivity contribution is 7.13. The Bertz CT molecular complexity index is 561. The molecule has 20 heavy (non-hydrogen) atoms. The van der Waals surface area contributed by atoms with Gasteiger partial charge < -0.3 is 5.32 Å². The second-order valence-electron chi connectivity index (χ2n) is 5.53. The van der Waals surface area contributed by atoms with Gasteiger partial charge in [-0.15, -0.1) is 11.3 Å². The van der Waals surface area contributed by atoms with Gasteiger partial charge in [0.1, 0.15) is 5.01 Å². The quantitative estimate of drug-likeness (QED) is 0.941. The summed E-state index contributed by atoms with van der Waals surface area (Å²) in [5.74, 6) is 0. The normalized spacial score (nSPS) is 20.2. The Morgan fingerprint density at radius 3 is 2.90 bits per heavy atom. The Morgan fingerprint density at radius 1 is 1.35 bits per heavy atom. The first-order chi connectivity index (χ1) is 9.72. The van der Waals surface area contributed by atoms with Gasteiger partial charge in [-0.2, -0.15) is 0 Å². The predicted octanol–water partition coefficient (Wildman–Crippen LogP) is 2.91. The van der Waals surface area contributed by atoms with Gasteiger partial charge in [0.25, 0.3) is 0 Å². The van der Waals surface area contributed by atoms with Crippen molar-refractivity contribution in [3.8, 4) is 10.6 Å². The van der Waals surface area contributed by atoms with E-state index in [1.165, 1.54) is 16.8 Å². The first-order valence-corrected chi connectivity index (χ1v) is 8.06. The SMILES string of the molecule is Cc1ccc(-c2nc(CN3CCNC[C@@H]3C)cs2)cc1. The van der Waals surface area contributed by atoms with Crippen LogP contribution in [0.15, 0.2) is 29.6 Å². The fourth-order valence-corrected chi connectivity index (χ4v) is 3.35. The van der Waals surface area contributed by atoms with Gasteiger partial charge in [0.15, 0.2) is 0 Å². The Hall–Kier alpha value is -1.23. The highest BCUT2D eigenvalue weighted by Gasteiger charge is 2.18. The van der Waals surface area contributed by atoms with Gasteiger partial charge in [-0.25, -0.2) is 4.98 Å². The van der Waals surface area contributed by atoms with Crippen molar-refractivity contribution < 1.29 is 0 Å². The van der Waals surface area contributed by atoms with E-state index in [0.29, 0.717) is 6.04 Å². The largest absolute Gasteiger partial charge is 0.314 e. The average Bonchev–Trinajstić information content (AvgIpc) is 2.91. The van der Waals surface area contributed by atoms with Crippen LogP contribution >= 0.6 is 11.3 Å². The topological polar surface area (TPSA) is 28.2 Å². The number of nitrogens with one attached hydrogen (secondary N) is 1. The number of aromatic nitrogens is 1. The molecule has 1 atom stereocenters. The lowest BCUT2D eigenvalue weighted by molar-refractivity contribution is 0.164. The van der Waals surface area contributed by atoms with E-state index >= 15 is 0 Å². The molecule has 1 saturated heterocycles. The number of aryl methyl sites for hydroxylation is 1. The van der Waals surface area contributed by atoms with E-state index in [2.05, 4.69) is 53.7 Å². The summed E-state index contributed by atoms with van der Waals surface area (Å²) in [5.41, 5.74) is 3.71. The van der Waals surface area contributed by atoms with E-state index in [1.807, 2.05) is 0 Å². The minimum atomic E-state index is 0.591. The van der Waals surface area contributed by atoms with Crippen molar-refractivity contribution in [1.29, 1.82) is 0 Å². The van der Waals surface area contributed by atoms with Crippen LogP contribution in [0.4, 0.5) is 0 Å². The van der Waals surface area contributed by atoms with Crippen LogP contribution in [0.2, 0.25) is 0 Å². The highest BCUT2D eigenvalue weighted by Crippen LogP contribution is 2.24. The van der Waals surface area contributed by atoms with Crippen molar-refractivity contribution in [2.24, 2.45) is 0 Å². The summed E-state index contributed by atoms with van der Waals surface area (Å²) in [7, 11) is 0. The summed E-state index contributed by atoms with van der Waals surface area (Å²) < 4.78 is 0. The van der Waals surface area contributed by atoms with Crippen molar-refractivity contribution in [1.82, 2.24) is 15.2 Å². The fourth-order valence-electron chi connectivity index (χ4n) is 2.53. The monoisotopic (exact) mass is 287 g/mol. The van der Waals surface area contributed by atoms with E-state index in [9.17, 15) is 0 Å². The Morgan fingerprint density at radius 2 is 2.15 bits per heavy atom. The van der Waals surface area contributed by atoms with Crippen LogP contribution in [0.25, 0.3) is 10.6 Å². The third-order valence-electron chi connectivity index (χ3n) is 3.85. The number of benzene rings is 1. The van der Waals surface area contributed by atoms with Crippen molar-refractivity contribution in [2.45, 2.75) is 26.4 Å². The summed E-state index contributed by atoms with van der Waals surface area (Å²) >= 11 is 1.74.